The molecule has 0 bridgehead atoms. The van der Waals surface area contributed by atoms with Crippen LogP contribution in [0.3, 0.4) is 0 Å². The van der Waals surface area contributed by atoms with E-state index in [4.69, 9.17) is 9.47 Å². The summed E-state index contributed by atoms with van der Waals surface area (Å²) in [7, 11) is 0. The Morgan fingerprint density at radius 3 is 2.42 bits per heavy atom. The third-order valence-corrected chi connectivity index (χ3v) is 5.06. The smallest absolute Gasteiger partial charge is 0.253 e. The van der Waals surface area contributed by atoms with Crippen LogP contribution in [0, 0.1) is 0 Å². The minimum atomic E-state index is -0.244. The van der Waals surface area contributed by atoms with Gasteiger partial charge in [-0.15, -0.1) is 0 Å². The second-order valence-corrected chi connectivity index (χ2v) is 7.35. The summed E-state index contributed by atoms with van der Waals surface area (Å²) in [5.74, 6) is 0.871. The minimum absolute atomic E-state index is 0.157. The van der Waals surface area contributed by atoms with Crippen LogP contribution in [0.5, 0.6) is 11.5 Å². The zero-order valence-electron chi connectivity index (χ0n) is 17.3. The molecule has 0 fully saturated rings. The fourth-order valence-electron chi connectivity index (χ4n) is 3.47. The van der Waals surface area contributed by atoms with Gasteiger partial charge in [0.1, 0.15) is 13.2 Å². The van der Waals surface area contributed by atoms with E-state index in [0.29, 0.717) is 36.0 Å². The number of nitrogens with one attached hydrogen (secondary N) is 2. The number of fused-ring (bicyclic) bond motifs is 1. The molecule has 0 aromatic heterocycles. The first kappa shape index (κ1) is 20.5. The molecule has 2 amide bonds. The zero-order chi connectivity index (χ0) is 21.6. The zero-order valence-corrected chi connectivity index (χ0v) is 17.3. The topological polar surface area (TPSA) is 76.7 Å². The van der Waals surface area contributed by atoms with E-state index in [-0.39, 0.29) is 24.3 Å². The SMILES string of the molecule is CC(NC(=O)c1ccccc1NC(=O)Cc1ccc2c(c1)OCCO2)c1ccccc1. The fraction of sp³-hybridized carbons (Fsp3) is 0.200. The summed E-state index contributed by atoms with van der Waals surface area (Å²) in [5, 5.41) is 5.85. The number of anilines is 1. The first-order chi connectivity index (χ1) is 15.1. The summed E-state index contributed by atoms with van der Waals surface area (Å²) in [6, 6.07) is 22.0. The third-order valence-electron chi connectivity index (χ3n) is 5.06. The lowest BCUT2D eigenvalue weighted by Gasteiger charge is -2.19. The highest BCUT2D eigenvalue weighted by atomic mass is 16.6. The molecule has 3 aromatic carbocycles. The molecule has 1 unspecified atom stereocenters. The second-order valence-electron chi connectivity index (χ2n) is 7.35. The lowest BCUT2D eigenvalue weighted by Crippen LogP contribution is -2.28. The predicted molar refractivity (Wildman–Crippen MR) is 119 cm³/mol. The number of hydrogen-bond acceptors (Lipinski definition) is 4. The van der Waals surface area contributed by atoms with Gasteiger partial charge < -0.3 is 20.1 Å². The second kappa shape index (κ2) is 9.34. The maximum atomic E-state index is 12.9. The van der Waals surface area contributed by atoms with Gasteiger partial charge in [0.05, 0.1) is 23.7 Å². The summed E-state index contributed by atoms with van der Waals surface area (Å²) in [6.07, 6.45) is 0.160. The molecule has 4 rings (SSSR count). The quantitative estimate of drug-likeness (QED) is 0.634. The van der Waals surface area contributed by atoms with Crippen molar-refractivity contribution in [3.8, 4) is 11.5 Å². The largest absolute Gasteiger partial charge is 0.486 e. The molecule has 0 saturated carbocycles. The Labute approximate surface area is 181 Å². The molecule has 2 N–H and O–H groups in total. The molecule has 31 heavy (non-hydrogen) atoms. The molecular weight excluding hydrogens is 392 g/mol. The summed E-state index contributed by atoms with van der Waals surface area (Å²) >= 11 is 0. The van der Waals surface area contributed by atoms with E-state index in [1.807, 2.05) is 55.5 Å². The number of carbonyl (C=O) groups excluding carboxylic acids is 2. The minimum Gasteiger partial charge on any atom is -0.486 e. The molecule has 0 aliphatic carbocycles. The molecule has 0 saturated heterocycles. The fourth-order valence-corrected chi connectivity index (χ4v) is 3.47. The highest BCUT2D eigenvalue weighted by Crippen LogP contribution is 2.31. The van der Waals surface area contributed by atoms with Crippen molar-refractivity contribution in [2.24, 2.45) is 0 Å². The standard InChI is InChI=1S/C25H24N2O4/c1-17(19-7-3-2-4-8-19)26-25(29)20-9-5-6-10-21(20)27-24(28)16-18-11-12-22-23(15-18)31-14-13-30-22/h2-12,15,17H,13-14,16H2,1H3,(H,26,29)(H,27,28). The maximum absolute atomic E-state index is 12.9. The van der Waals surface area contributed by atoms with Crippen molar-refractivity contribution < 1.29 is 19.1 Å². The third kappa shape index (κ3) is 5.04. The van der Waals surface area contributed by atoms with Crippen LogP contribution in [0.1, 0.15) is 34.5 Å². The highest BCUT2D eigenvalue weighted by molar-refractivity contribution is 6.04. The van der Waals surface area contributed by atoms with Crippen molar-refractivity contribution in [1.29, 1.82) is 0 Å². The van der Waals surface area contributed by atoms with E-state index < -0.39 is 0 Å². The van der Waals surface area contributed by atoms with Crippen LogP contribution in [0.4, 0.5) is 5.69 Å². The van der Waals surface area contributed by atoms with Crippen molar-refractivity contribution >= 4 is 17.5 Å². The first-order valence-electron chi connectivity index (χ1n) is 10.2. The number of benzene rings is 3. The van der Waals surface area contributed by atoms with Gasteiger partial charge in [0.15, 0.2) is 11.5 Å². The van der Waals surface area contributed by atoms with Gasteiger partial charge in [0.2, 0.25) is 5.91 Å². The molecule has 1 heterocycles. The van der Waals surface area contributed by atoms with Crippen LogP contribution in [0.25, 0.3) is 0 Å². The maximum Gasteiger partial charge on any atom is 0.253 e. The summed E-state index contributed by atoms with van der Waals surface area (Å²) < 4.78 is 11.1. The van der Waals surface area contributed by atoms with Gasteiger partial charge in [0, 0.05) is 0 Å². The predicted octanol–water partition coefficient (Wildman–Crippen LogP) is 4.13. The Hall–Kier alpha value is -3.80. The van der Waals surface area contributed by atoms with Gasteiger partial charge in [0.25, 0.3) is 5.91 Å². The van der Waals surface area contributed by atoms with Crippen LogP contribution >= 0.6 is 0 Å². The molecule has 158 valence electrons. The van der Waals surface area contributed by atoms with Crippen LogP contribution in [-0.4, -0.2) is 25.0 Å². The number of carbonyl (C=O) groups is 2. The molecule has 0 spiro atoms. The average Bonchev–Trinajstić information content (AvgIpc) is 2.79. The Balaban J connectivity index is 1.43. The number of amides is 2. The molecule has 3 aromatic rings. The lowest BCUT2D eigenvalue weighted by atomic mass is 10.1. The molecule has 6 nitrogen and oxygen atoms in total. The van der Waals surface area contributed by atoms with E-state index >= 15 is 0 Å². The number of hydrogen-bond donors (Lipinski definition) is 2. The molecule has 1 aliphatic heterocycles. The van der Waals surface area contributed by atoms with Crippen molar-refractivity contribution in [3.63, 3.8) is 0 Å². The summed E-state index contributed by atoms with van der Waals surface area (Å²) in [6.45, 7) is 2.94. The Morgan fingerprint density at radius 1 is 0.903 bits per heavy atom. The van der Waals surface area contributed by atoms with Gasteiger partial charge in [-0.25, -0.2) is 0 Å². The Kier molecular flexibility index (Phi) is 6.17. The molecule has 0 radical (unpaired) electrons. The normalized spacial score (nSPS) is 13.2. The van der Waals surface area contributed by atoms with E-state index in [1.54, 1.807) is 24.3 Å². The van der Waals surface area contributed by atoms with Crippen LogP contribution in [-0.2, 0) is 11.2 Å². The van der Waals surface area contributed by atoms with Crippen molar-refractivity contribution in [1.82, 2.24) is 5.32 Å². The van der Waals surface area contributed by atoms with E-state index in [1.165, 1.54) is 0 Å². The number of rotatable bonds is 6. The van der Waals surface area contributed by atoms with Crippen molar-refractivity contribution in [2.45, 2.75) is 19.4 Å². The monoisotopic (exact) mass is 416 g/mol. The van der Waals surface area contributed by atoms with Gasteiger partial charge in [-0.1, -0.05) is 48.5 Å². The van der Waals surface area contributed by atoms with Gasteiger partial charge in [-0.05, 0) is 42.3 Å². The van der Waals surface area contributed by atoms with E-state index in [0.717, 1.165) is 11.1 Å². The van der Waals surface area contributed by atoms with Gasteiger partial charge in [-0.3, -0.25) is 9.59 Å². The Bertz CT molecular complexity index is 1080. The van der Waals surface area contributed by atoms with Crippen molar-refractivity contribution in [3.05, 3.63) is 89.5 Å². The Morgan fingerprint density at radius 2 is 1.61 bits per heavy atom. The molecule has 1 aliphatic rings. The van der Waals surface area contributed by atoms with Crippen LogP contribution < -0.4 is 20.1 Å². The van der Waals surface area contributed by atoms with Crippen LogP contribution in [0.15, 0.2) is 72.8 Å². The highest BCUT2D eigenvalue weighted by Gasteiger charge is 2.17. The molecule has 6 heteroatoms. The summed E-state index contributed by atoms with van der Waals surface area (Å²) in [5.41, 5.74) is 2.71. The van der Waals surface area contributed by atoms with Gasteiger partial charge in [-0.2, -0.15) is 0 Å². The van der Waals surface area contributed by atoms with Crippen LogP contribution in [0.2, 0.25) is 0 Å². The molecular formula is C25H24N2O4. The number of para-hydroxylation sites is 1. The molecule has 1 atom stereocenters. The number of ether oxygens (including phenoxy) is 2. The van der Waals surface area contributed by atoms with E-state index in [9.17, 15) is 9.59 Å². The lowest BCUT2D eigenvalue weighted by molar-refractivity contribution is -0.115. The van der Waals surface area contributed by atoms with E-state index in [2.05, 4.69) is 10.6 Å². The van der Waals surface area contributed by atoms with Gasteiger partial charge >= 0.3 is 0 Å². The first-order valence-corrected chi connectivity index (χ1v) is 10.2. The average molecular weight is 416 g/mol. The summed E-state index contributed by atoms with van der Waals surface area (Å²) in [4.78, 5) is 25.5. The van der Waals surface area contributed by atoms with Crippen molar-refractivity contribution in [2.75, 3.05) is 18.5 Å².